The molecule has 0 spiro atoms. The zero-order valence-corrected chi connectivity index (χ0v) is 10.2. The number of rotatable bonds is 2. The molecule has 5 heteroatoms. The number of aromatic carboxylic acids is 1. The first-order chi connectivity index (χ1) is 8.00. The van der Waals surface area contributed by atoms with E-state index in [0.29, 0.717) is 10.6 Å². The lowest BCUT2D eigenvalue weighted by atomic mass is 10.0. The van der Waals surface area contributed by atoms with Gasteiger partial charge in [0.05, 0.1) is 11.8 Å². The number of carboxylic acid groups (broad SMARTS) is 1. The van der Waals surface area contributed by atoms with Gasteiger partial charge in [-0.05, 0) is 25.1 Å². The van der Waals surface area contributed by atoms with Gasteiger partial charge in [-0.15, -0.1) is 0 Å². The van der Waals surface area contributed by atoms with Crippen molar-refractivity contribution in [3.05, 3.63) is 40.7 Å². The van der Waals surface area contributed by atoms with Crippen LogP contribution in [0.3, 0.4) is 0 Å². The fourth-order valence-corrected chi connectivity index (χ4v) is 1.86. The number of hydrogen-bond donors (Lipinski definition) is 1. The van der Waals surface area contributed by atoms with Crippen LogP contribution in [0.25, 0.3) is 11.1 Å². The Hall–Kier alpha value is -1.81. The molecule has 17 heavy (non-hydrogen) atoms. The topological polar surface area (TPSA) is 55.1 Å². The highest BCUT2D eigenvalue weighted by Crippen LogP contribution is 2.29. The summed E-state index contributed by atoms with van der Waals surface area (Å²) in [5.74, 6) is -0.972. The van der Waals surface area contributed by atoms with Crippen LogP contribution in [0.4, 0.5) is 0 Å². The maximum atomic E-state index is 11.2. The van der Waals surface area contributed by atoms with Crippen LogP contribution in [-0.2, 0) is 7.05 Å². The number of aryl methyl sites for hydroxylation is 1. The summed E-state index contributed by atoms with van der Waals surface area (Å²) in [6, 6.07) is 4.72. The largest absolute Gasteiger partial charge is 0.478 e. The first-order valence-electron chi connectivity index (χ1n) is 5.02. The second kappa shape index (κ2) is 4.22. The van der Waals surface area contributed by atoms with Gasteiger partial charge in [-0.3, -0.25) is 4.68 Å². The fraction of sp³-hybridized carbons (Fsp3) is 0.167. The Morgan fingerprint density at radius 1 is 1.41 bits per heavy atom. The molecule has 0 saturated heterocycles. The molecular weight excluding hydrogens is 240 g/mol. The lowest BCUT2D eigenvalue weighted by Gasteiger charge is -2.06. The quantitative estimate of drug-likeness (QED) is 0.892. The molecule has 0 aliphatic carbocycles. The third-order valence-corrected chi connectivity index (χ3v) is 2.97. The van der Waals surface area contributed by atoms with Crippen LogP contribution in [0.5, 0.6) is 0 Å². The van der Waals surface area contributed by atoms with Crippen molar-refractivity contribution in [1.29, 1.82) is 0 Å². The fourth-order valence-electron chi connectivity index (χ4n) is 1.69. The molecule has 4 nitrogen and oxygen atoms in total. The van der Waals surface area contributed by atoms with Crippen molar-refractivity contribution in [2.75, 3.05) is 0 Å². The van der Waals surface area contributed by atoms with Gasteiger partial charge in [0, 0.05) is 28.9 Å². The normalized spacial score (nSPS) is 10.5. The van der Waals surface area contributed by atoms with Crippen molar-refractivity contribution in [2.45, 2.75) is 6.92 Å². The van der Waals surface area contributed by atoms with Gasteiger partial charge in [-0.2, -0.15) is 5.10 Å². The van der Waals surface area contributed by atoms with Crippen LogP contribution in [0.2, 0.25) is 5.02 Å². The number of carbonyl (C=O) groups is 1. The average Bonchev–Trinajstić information content (AvgIpc) is 2.59. The predicted octanol–water partition coefficient (Wildman–Crippen LogP) is 2.75. The van der Waals surface area contributed by atoms with Gasteiger partial charge in [0.1, 0.15) is 0 Å². The third kappa shape index (κ3) is 2.03. The maximum Gasteiger partial charge on any atom is 0.336 e. The van der Waals surface area contributed by atoms with Crippen LogP contribution < -0.4 is 0 Å². The standard InChI is InChI=1S/C12H11ClN2O2/c1-7-11(6-14-15(7)2)10-5-8(13)3-4-9(10)12(16)17/h3-6H,1-2H3,(H,16,17). The third-order valence-electron chi connectivity index (χ3n) is 2.74. The van der Waals surface area contributed by atoms with Crippen LogP contribution >= 0.6 is 11.6 Å². The van der Waals surface area contributed by atoms with Gasteiger partial charge in [0.2, 0.25) is 0 Å². The molecule has 0 radical (unpaired) electrons. The van der Waals surface area contributed by atoms with Gasteiger partial charge in [-0.1, -0.05) is 11.6 Å². The SMILES string of the molecule is Cc1c(-c2cc(Cl)ccc2C(=O)O)cnn1C. The highest BCUT2D eigenvalue weighted by molar-refractivity contribution is 6.31. The van der Waals surface area contributed by atoms with Crippen LogP contribution in [-0.4, -0.2) is 20.9 Å². The van der Waals surface area contributed by atoms with E-state index in [9.17, 15) is 4.79 Å². The lowest BCUT2D eigenvalue weighted by molar-refractivity contribution is 0.0698. The minimum Gasteiger partial charge on any atom is -0.478 e. The van der Waals surface area contributed by atoms with E-state index in [2.05, 4.69) is 5.10 Å². The van der Waals surface area contributed by atoms with Crippen LogP contribution in [0.15, 0.2) is 24.4 Å². The molecule has 1 N–H and O–H groups in total. The number of nitrogens with zero attached hydrogens (tertiary/aromatic N) is 2. The van der Waals surface area contributed by atoms with Crippen LogP contribution in [0.1, 0.15) is 16.1 Å². The van der Waals surface area contributed by atoms with Gasteiger partial charge in [0.15, 0.2) is 0 Å². The molecule has 0 aliphatic rings. The van der Waals surface area contributed by atoms with E-state index in [1.807, 2.05) is 14.0 Å². The second-order valence-corrected chi connectivity index (χ2v) is 4.20. The van der Waals surface area contributed by atoms with Crippen molar-refractivity contribution in [3.63, 3.8) is 0 Å². The molecule has 1 heterocycles. The van der Waals surface area contributed by atoms with E-state index in [4.69, 9.17) is 16.7 Å². The Morgan fingerprint density at radius 3 is 2.65 bits per heavy atom. The van der Waals surface area contributed by atoms with Gasteiger partial charge in [-0.25, -0.2) is 4.79 Å². The summed E-state index contributed by atoms with van der Waals surface area (Å²) in [6.45, 7) is 1.88. The van der Waals surface area contributed by atoms with Crippen molar-refractivity contribution in [2.24, 2.45) is 7.05 Å². The van der Waals surface area contributed by atoms with Crippen molar-refractivity contribution < 1.29 is 9.90 Å². The Bertz CT molecular complexity index is 590. The number of benzene rings is 1. The molecule has 0 atom stereocenters. The highest BCUT2D eigenvalue weighted by Gasteiger charge is 2.15. The summed E-state index contributed by atoms with van der Waals surface area (Å²) in [5.41, 5.74) is 2.50. The lowest BCUT2D eigenvalue weighted by Crippen LogP contribution is -2.00. The first-order valence-corrected chi connectivity index (χ1v) is 5.40. The van der Waals surface area contributed by atoms with Gasteiger partial charge >= 0.3 is 5.97 Å². The molecule has 2 aromatic rings. The number of halogens is 1. The molecule has 0 unspecified atom stereocenters. The monoisotopic (exact) mass is 250 g/mol. The molecule has 0 fully saturated rings. The van der Waals surface area contributed by atoms with Crippen molar-refractivity contribution >= 4 is 17.6 Å². The smallest absolute Gasteiger partial charge is 0.336 e. The highest BCUT2D eigenvalue weighted by atomic mass is 35.5. The van der Waals surface area contributed by atoms with Gasteiger partial charge < -0.3 is 5.11 Å². The van der Waals surface area contributed by atoms with E-state index >= 15 is 0 Å². The summed E-state index contributed by atoms with van der Waals surface area (Å²) < 4.78 is 1.70. The van der Waals surface area contributed by atoms with Crippen LogP contribution in [0, 0.1) is 6.92 Å². The Morgan fingerprint density at radius 2 is 2.12 bits per heavy atom. The minimum atomic E-state index is -0.972. The van der Waals surface area contributed by atoms with E-state index in [0.717, 1.165) is 11.3 Å². The van der Waals surface area contributed by atoms with E-state index in [1.165, 1.54) is 6.07 Å². The number of aromatic nitrogens is 2. The second-order valence-electron chi connectivity index (χ2n) is 3.76. The molecule has 1 aromatic carbocycles. The summed E-state index contributed by atoms with van der Waals surface area (Å²) in [7, 11) is 1.81. The number of hydrogen-bond acceptors (Lipinski definition) is 2. The maximum absolute atomic E-state index is 11.2. The van der Waals surface area contributed by atoms with E-state index in [1.54, 1.807) is 23.0 Å². The molecule has 0 bridgehead atoms. The van der Waals surface area contributed by atoms with E-state index < -0.39 is 5.97 Å². The zero-order valence-electron chi connectivity index (χ0n) is 9.44. The van der Waals surface area contributed by atoms with Crippen molar-refractivity contribution in [1.82, 2.24) is 9.78 Å². The molecule has 2 rings (SSSR count). The molecular formula is C12H11ClN2O2. The molecule has 0 aliphatic heterocycles. The number of carboxylic acids is 1. The first kappa shape index (κ1) is 11.7. The Kier molecular flexibility index (Phi) is 2.90. The predicted molar refractivity (Wildman–Crippen MR) is 65.4 cm³/mol. The Balaban J connectivity index is 2.69. The summed E-state index contributed by atoms with van der Waals surface area (Å²) in [5, 5.41) is 13.8. The molecule has 0 amide bonds. The summed E-state index contributed by atoms with van der Waals surface area (Å²) in [4.78, 5) is 11.2. The van der Waals surface area contributed by atoms with E-state index in [-0.39, 0.29) is 5.56 Å². The molecule has 88 valence electrons. The minimum absolute atomic E-state index is 0.227. The summed E-state index contributed by atoms with van der Waals surface area (Å²) >= 11 is 5.91. The summed E-state index contributed by atoms with van der Waals surface area (Å²) in [6.07, 6.45) is 1.65. The Labute approximate surface area is 103 Å². The van der Waals surface area contributed by atoms with Crippen molar-refractivity contribution in [3.8, 4) is 11.1 Å². The molecule has 0 saturated carbocycles. The average molecular weight is 251 g/mol. The zero-order chi connectivity index (χ0) is 12.6. The molecule has 1 aromatic heterocycles. The van der Waals surface area contributed by atoms with Gasteiger partial charge in [0.25, 0.3) is 0 Å².